The SMILES string of the molecule is Cc1cc(Oc2ccnc(Nc3cccc(C(N)=O)c3)c2)n(C2CCCCC2)n1. The molecule has 1 saturated carbocycles. The number of pyridine rings is 1. The third kappa shape index (κ3) is 4.56. The second-order valence-corrected chi connectivity index (χ2v) is 7.41. The van der Waals surface area contributed by atoms with Crippen LogP contribution in [0.4, 0.5) is 11.5 Å². The molecule has 2 aromatic heterocycles. The Morgan fingerprint density at radius 2 is 2.00 bits per heavy atom. The summed E-state index contributed by atoms with van der Waals surface area (Å²) in [5.74, 6) is 1.57. The number of ether oxygens (including phenoxy) is 1. The summed E-state index contributed by atoms with van der Waals surface area (Å²) >= 11 is 0. The summed E-state index contributed by atoms with van der Waals surface area (Å²) in [5.41, 5.74) is 7.47. The van der Waals surface area contributed by atoms with Crippen LogP contribution < -0.4 is 15.8 Å². The van der Waals surface area contributed by atoms with Gasteiger partial charge in [-0.25, -0.2) is 9.67 Å². The van der Waals surface area contributed by atoms with Crippen LogP contribution in [-0.4, -0.2) is 20.7 Å². The highest BCUT2D eigenvalue weighted by Gasteiger charge is 2.20. The third-order valence-corrected chi connectivity index (χ3v) is 5.12. The molecule has 1 amide bonds. The molecule has 0 atom stereocenters. The molecule has 7 heteroatoms. The fraction of sp³-hybridized carbons (Fsp3) is 0.318. The Labute approximate surface area is 169 Å². The Morgan fingerprint density at radius 1 is 1.17 bits per heavy atom. The largest absolute Gasteiger partial charge is 0.439 e. The molecule has 150 valence electrons. The van der Waals surface area contributed by atoms with E-state index in [4.69, 9.17) is 10.5 Å². The van der Waals surface area contributed by atoms with Crippen molar-refractivity contribution in [1.82, 2.24) is 14.8 Å². The molecular weight excluding hydrogens is 366 g/mol. The molecule has 4 rings (SSSR count). The van der Waals surface area contributed by atoms with E-state index in [9.17, 15) is 4.79 Å². The van der Waals surface area contributed by atoms with Gasteiger partial charge in [0.1, 0.15) is 11.6 Å². The molecule has 0 spiro atoms. The van der Waals surface area contributed by atoms with Crippen molar-refractivity contribution in [2.24, 2.45) is 5.73 Å². The van der Waals surface area contributed by atoms with Gasteiger partial charge in [0.05, 0.1) is 11.7 Å². The van der Waals surface area contributed by atoms with Gasteiger partial charge in [0.25, 0.3) is 0 Å². The number of hydrogen-bond donors (Lipinski definition) is 2. The second-order valence-electron chi connectivity index (χ2n) is 7.41. The monoisotopic (exact) mass is 391 g/mol. The molecule has 2 heterocycles. The maximum atomic E-state index is 11.4. The number of aromatic nitrogens is 3. The average Bonchev–Trinajstić information content (AvgIpc) is 3.09. The number of aryl methyl sites for hydroxylation is 1. The van der Waals surface area contributed by atoms with E-state index >= 15 is 0 Å². The molecule has 1 fully saturated rings. The van der Waals surface area contributed by atoms with E-state index in [0.29, 0.717) is 23.2 Å². The summed E-state index contributed by atoms with van der Waals surface area (Å²) in [6.07, 6.45) is 7.72. The van der Waals surface area contributed by atoms with Crippen molar-refractivity contribution in [3.63, 3.8) is 0 Å². The van der Waals surface area contributed by atoms with Crippen molar-refractivity contribution in [2.45, 2.75) is 45.1 Å². The topological polar surface area (TPSA) is 95.1 Å². The number of benzene rings is 1. The highest BCUT2D eigenvalue weighted by molar-refractivity contribution is 5.93. The van der Waals surface area contributed by atoms with Crippen LogP contribution in [0, 0.1) is 6.92 Å². The Kier molecular flexibility index (Phi) is 5.46. The first-order valence-corrected chi connectivity index (χ1v) is 9.95. The maximum Gasteiger partial charge on any atom is 0.248 e. The summed E-state index contributed by atoms with van der Waals surface area (Å²) in [7, 11) is 0. The van der Waals surface area contributed by atoms with Crippen molar-refractivity contribution >= 4 is 17.4 Å². The number of carbonyl (C=O) groups is 1. The predicted molar refractivity (Wildman–Crippen MR) is 112 cm³/mol. The van der Waals surface area contributed by atoms with Gasteiger partial charge in [-0.1, -0.05) is 25.3 Å². The molecule has 3 N–H and O–H groups in total. The number of nitrogens with one attached hydrogen (secondary N) is 1. The van der Waals surface area contributed by atoms with Crippen molar-refractivity contribution in [2.75, 3.05) is 5.32 Å². The second kappa shape index (κ2) is 8.34. The minimum Gasteiger partial charge on any atom is -0.439 e. The lowest BCUT2D eigenvalue weighted by molar-refractivity contribution is 0.100. The maximum absolute atomic E-state index is 11.4. The molecule has 0 radical (unpaired) electrons. The fourth-order valence-electron chi connectivity index (χ4n) is 3.72. The lowest BCUT2D eigenvalue weighted by atomic mass is 9.96. The van der Waals surface area contributed by atoms with Gasteiger partial charge in [-0.2, -0.15) is 5.10 Å². The zero-order valence-corrected chi connectivity index (χ0v) is 16.5. The van der Waals surface area contributed by atoms with E-state index < -0.39 is 5.91 Å². The summed E-state index contributed by atoms with van der Waals surface area (Å²) in [6.45, 7) is 1.98. The standard InChI is InChI=1S/C22H25N5O2/c1-15-12-21(27(26-15)18-8-3-2-4-9-18)29-19-10-11-24-20(14-19)25-17-7-5-6-16(13-17)22(23)28/h5-7,10-14,18H,2-4,8-9H2,1H3,(H2,23,28)(H,24,25). The van der Waals surface area contributed by atoms with Gasteiger partial charge >= 0.3 is 0 Å². The molecular formula is C22H25N5O2. The van der Waals surface area contributed by atoms with E-state index in [2.05, 4.69) is 15.4 Å². The van der Waals surface area contributed by atoms with E-state index in [0.717, 1.165) is 30.1 Å². The first kappa shape index (κ1) is 19.0. The van der Waals surface area contributed by atoms with Gasteiger partial charge < -0.3 is 15.8 Å². The molecule has 3 aromatic rings. The number of anilines is 2. The lowest BCUT2D eigenvalue weighted by Crippen LogP contribution is -2.15. The smallest absolute Gasteiger partial charge is 0.248 e. The van der Waals surface area contributed by atoms with Crippen molar-refractivity contribution in [3.8, 4) is 11.6 Å². The fourth-order valence-corrected chi connectivity index (χ4v) is 3.72. The molecule has 29 heavy (non-hydrogen) atoms. The zero-order valence-electron chi connectivity index (χ0n) is 16.5. The van der Waals surface area contributed by atoms with Gasteiger partial charge in [0.2, 0.25) is 11.8 Å². The van der Waals surface area contributed by atoms with E-state index in [-0.39, 0.29) is 0 Å². The van der Waals surface area contributed by atoms with E-state index in [1.54, 1.807) is 24.4 Å². The van der Waals surface area contributed by atoms with Crippen LogP contribution in [0.3, 0.4) is 0 Å². The van der Waals surface area contributed by atoms with Crippen LogP contribution in [0.25, 0.3) is 0 Å². The number of rotatable bonds is 6. The van der Waals surface area contributed by atoms with Crippen LogP contribution in [0.15, 0.2) is 48.7 Å². The minimum absolute atomic E-state index is 0.392. The first-order chi connectivity index (χ1) is 14.1. The Hall–Kier alpha value is -3.35. The normalized spacial score (nSPS) is 14.5. The molecule has 0 saturated heterocycles. The Bertz CT molecular complexity index is 1010. The number of primary amides is 1. The summed E-state index contributed by atoms with van der Waals surface area (Å²) in [5, 5.41) is 7.85. The number of nitrogens with two attached hydrogens (primary N) is 1. The number of carbonyl (C=O) groups excluding carboxylic acids is 1. The molecule has 1 aliphatic rings. The van der Waals surface area contributed by atoms with Gasteiger partial charge in [-0.05, 0) is 44.0 Å². The van der Waals surface area contributed by atoms with Crippen LogP contribution in [0.5, 0.6) is 11.6 Å². The predicted octanol–water partition coefficient (Wildman–Crippen LogP) is 4.73. The number of amides is 1. The van der Waals surface area contributed by atoms with Crippen LogP contribution >= 0.6 is 0 Å². The third-order valence-electron chi connectivity index (χ3n) is 5.12. The van der Waals surface area contributed by atoms with Crippen molar-refractivity contribution < 1.29 is 9.53 Å². The first-order valence-electron chi connectivity index (χ1n) is 9.95. The summed E-state index contributed by atoms with van der Waals surface area (Å²) in [4.78, 5) is 15.7. The molecule has 0 bridgehead atoms. The van der Waals surface area contributed by atoms with Crippen molar-refractivity contribution in [1.29, 1.82) is 0 Å². The average molecular weight is 391 g/mol. The lowest BCUT2D eigenvalue weighted by Gasteiger charge is -2.23. The molecule has 0 aliphatic heterocycles. The quantitative estimate of drug-likeness (QED) is 0.633. The van der Waals surface area contributed by atoms with E-state index in [1.165, 1.54) is 19.3 Å². The Balaban J connectivity index is 1.53. The van der Waals surface area contributed by atoms with Gasteiger partial charge in [0.15, 0.2) is 0 Å². The Morgan fingerprint density at radius 3 is 2.79 bits per heavy atom. The summed E-state index contributed by atoms with van der Waals surface area (Å²) < 4.78 is 8.20. The van der Waals surface area contributed by atoms with Crippen LogP contribution in [0.1, 0.15) is 54.2 Å². The van der Waals surface area contributed by atoms with Crippen LogP contribution in [0.2, 0.25) is 0 Å². The van der Waals surface area contributed by atoms with Gasteiger partial charge in [0, 0.05) is 29.6 Å². The highest BCUT2D eigenvalue weighted by Crippen LogP contribution is 2.33. The van der Waals surface area contributed by atoms with Gasteiger partial charge in [-0.3, -0.25) is 4.79 Å². The molecule has 0 unspecified atom stereocenters. The molecule has 7 nitrogen and oxygen atoms in total. The van der Waals surface area contributed by atoms with E-state index in [1.807, 2.05) is 35.9 Å². The molecule has 1 aliphatic carbocycles. The summed E-state index contributed by atoms with van der Waals surface area (Å²) in [6, 6.07) is 13.0. The molecule has 1 aromatic carbocycles. The number of hydrogen-bond acceptors (Lipinski definition) is 5. The zero-order chi connectivity index (χ0) is 20.2. The highest BCUT2D eigenvalue weighted by atomic mass is 16.5. The van der Waals surface area contributed by atoms with Crippen LogP contribution in [-0.2, 0) is 0 Å². The number of nitrogens with zero attached hydrogens (tertiary/aromatic N) is 3. The van der Waals surface area contributed by atoms with Crippen molar-refractivity contribution in [3.05, 3.63) is 59.9 Å². The minimum atomic E-state index is -0.468. The van der Waals surface area contributed by atoms with Gasteiger partial charge in [-0.15, -0.1) is 0 Å².